The van der Waals surface area contributed by atoms with Gasteiger partial charge in [0, 0.05) is 21.4 Å². The third-order valence-electron chi connectivity index (χ3n) is 2.66. The second-order valence-corrected chi connectivity index (χ2v) is 5.36. The largest absolute Gasteiger partial charge is 0.508 e. The lowest BCUT2D eigenvalue weighted by molar-refractivity contribution is -0.385. The predicted molar refractivity (Wildman–Crippen MR) is 76.7 cm³/mol. The molecule has 0 amide bonds. The molecule has 0 atom stereocenters. The molecule has 0 bridgehead atoms. The van der Waals surface area contributed by atoms with Gasteiger partial charge in [-0.1, -0.05) is 11.8 Å². The van der Waals surface area contributed by atoms with Gasteiger partial charge in [0.25, 0.3) is 5.69 Å². The van der Waals surface area contributed by atoms with E-state index in [4.69, 9.17) is 5.11 Å². The van der Waals surface area contributed by atoms with Gasteiger partial charge in [0.05, 0.1) is 11.3 Å². The van der Waals surface area contributed by atoms with Crippen LogP contribution in [0.5, 0.6) is 5.75 Å². The fraction of sp³-hybridized carbons (Fsp3) is 0.0714. The zero-order valence-corrected chi connectivity index (χ0v) is 11.5. The molecule has 2 N–H and O–H groups in total. The summed E-state index contributed by atoms with van der Waals surface area (Å²) in [5.41, 5.74) is -0.0382. The van der Waals surface area contributed by atoms with E-state index in [0.29, 0.717) is 4.90 Å². The van der Waals surface area contributed by atoms with E-state index in [9.17, 15) is 20.0 Å². The molecule has 21 heavy (non-hydrogen) atoms. The van der Waals surface area contributed by atoms with Crippen molar-refractivity contribution in [1.82, 2.24) is 0 Å². The van der Waals surface area contributed by atoms with Crippen molar-refractivity contribution in [2.45, 2.75) is 16.2 Å². The van der Waals surface area contributed by atoms with Crippen molar-refractivity contribution < 1.29 is 19.9 Å². The first-order valence-electron chi connectivity index (χ1n) is 5.91. The molecule has 0 unspecified atom stereocenters. The monoisotopic (exact) mass is 305 g/mol. The summed E-state index contributed by atoms with van der Waals surface area (Å²) in [6.07, 6.45) is -0.402. The smallest absolute Gasteiger partial charge is 0.308 e. The Kier molecular flexibility index (Phi) is 4.44. The Hall–Kier alpha value is -2.54. The van der Waals surface area contributed by atoms with Gasteiger partial charge >= 0.3 is 5.97 Å². The van der Waals surface area contributed by atoms with Gasteiger partial charge < -0.3 is 10.2 Å². The number of aromatic hydroxyl groups is 1. The van der Waals surface area contributed by atoms with Crippen molar-refractivity contribution in [3.05, 3.63) is 58.1 Å². The Bertz CT molecular complexity index is 684. The van der Waals surface area contributed by atoms with Crippen LogP contribution in [0, 0.1) is 10.1 Å². The lowest BCUT2D eigenvalue weighted by Gasteiger charge is -2.05. The van der Waals surface area contributed by atoms with Crippen molar-refractivity contribution in [3.63, 3.8) is 0 Å². The van der Waals surface area contributed by atoms with Gasteiger partial charge in [-0.15, -0.1) is 0 Å². The Morgan fingerprint density at radius 1 is 1.14 bits per heavy atom. The lowest BCUT2D eigenvalue weighted by Crippen LogP contribution is -2.03. The minimum absolute atomic E-state index is 0.148. The van der Waals surface area contributed by atoms with Gasteiger partial charge in [-0.2, -0.15) is 0 Å². The molecule has 2 aromatic carbocycles. The van der Waals surface area contributed by atoms with Crippen LogP contribution in [0.1, 0.15) is 5.56 Å². The van der Waals surface area contributed by atoms with E-state index in [1.54, 1.807) is 18.2 Å². The predicted octanol–water partition coefficient (Wildman–Crippen LogP) is 3.08. The summed E-state index contributed by atoms with van der Waals surface area (Å²) in [6.45, 7) is 0. The first-order valence-corrected chi connectivity index (χ1v) is 6.73. The molecule has 0 saturated heterocycles. The van der Waals surface area contributed by atoms with Crippen molar-refractivity contribution in [2.75, 3.05) is 0 Å². The van der Waals surface area contributed by atoms with Crippen LogP contribution in [0.4, 0.5) is 5.69 Å². The summed E-state index contributed by atoms with van der Waals surface area (Å²) in [4.78, 5) is 22.6. The molecule has 0 spiro atoms. The van der Waals surface area contributed by atoms with Crippen molar-refractivity contribution in [2.24, 2.45) is 0 Å². The summed E-state index contributed by atoms with van der Waals surface area (Å²) in [6, 6.07) is 10.9. The minimum atomic E-state index is -1.12. The second-order valence-electron chi connectivity index (χ2n) is 4.21. The van der Waals surface area contributed by atoms with Crippen LogP contribution in [0.2, 0.25) is 0 Å². The van der Waals surface area contributed by atoms with E-state index in [0.717, 1.165) is 4.90 Å². The van der Waals surface area contributed by atoms with Crippen LogP contribution >= 0.6 is 11.8 Å². The number of carbonyl (C=O) groups is 1. The summed E-state index contributed by atoms with van der Waals surface area (Å²) in [5.74, 6) is -0.973. The number of hydrogen-bond acceptors (Lipinski definition) is 5. The molecule has 0 aliphatic rings. The Morgan fingerprint density at radius 3 is 2.33 bits per heavy atom. The highest BCUT2D eigenvalue weighted by molar-refractivity contribution is 7.99. The zero-order chi connectivity index (χ0) is 15.4. The van der Waals surface area contributed by atoms with Crippen LogP contribution in [-0.4, -0.2) is 21.1 Å². The highest BCUT2D eigenvalue weighted by atomic mass is 32.2. The molecule has 7 heteroatoms. The molecule has 2 rings (SSSR count). The van der Waals surface area contributed by atoms with E-state index in [2.05, 4.69) is 0 Å². The summed E-state index contributed by atoms with van der Waals surface area (Å²) < 4.78 is 0. The summed E-state index contributed by atoms with van der Waals surface area (Å²) >= 11 is 1.33. The van der Waals surface area contributed by atoms with E-state index in [1.165, 1.54) is 36.0 Å². The normalized spacial score (nSPS) is 10.3. The standard InChI is InChI=1S/C14H11NO5S/c16-10-1-3-11(4-2-10)21-12-5-6-13(15(19)20)9(7-12)8-14(17)18/h1-7,16H,8H2,(H,17,18). The molecule has 2 aromatic rings. The van der Waals surface area contributed by atoms with Gasteiger partial charge in [0.1, 0.15) is 5.75 Å². The van der Waals surface area contributed by atoms with Crippen LogP contribution in [0.3, 0.4) is 0 Å². The SMILES string of the molecule is O=C(O)Cc1cc(Sc2ccc(O)cc2)ccc1[N+](=O)[O-]. The van der Waals surface area contributed by atoms with E-state index < -0.39 is 17.3 Å². The molecular formula is C14H11NO5S. The van der Waals surface area contributed by atoms with E-state index >= 15 is 0 Å². The third-order valence-corrected chi connectivity index (χ3v) is 3.66. The number of carboxylic acids is 1. The maximum absolute atomic E-state index is 10.9. The number of carboxylic acid groups (broad SMARTS) is 1. The van der Waals surface area contributed by atoms with Gasteiger partial charge in [0.2, 0.25) is 0 Å². The van der Waals surface area contributed by atoms with Gasteiger partial charge in [0.15, 0.2) is 0 Å². The number of benzene rings is 2. The number of nitro groups is 1. The Morgan fingerprint density at radius 2 is 1.76 bits per heavy atom. The number of phenols is 1. The number of nitro benzene ring substituents is 1. The van der Waals surface area contributed by atoms with Crippen LogP contribution < -0.4 is 0 Å². The fourth-order valence-corrected chi connectivity index (χ4v) is 2.64. The van der Waals surface area contributed by atoms with Crippen LogP contribution in [0.25, 0.3) is 0 Å². The molecule has 0 aromatic heterocycles. The number of nitrogens with zero attached hydrogens (tertiary/aromatic N) is 1. The van der Waals surface area contributed by atoms with Gasteiger partial charge in [-0.3, -0.25) is 14.9 Å². The lowest BCUT2D eigenvalue weighted by atomic mass is 10.1. The molecule has 0 fully saturated rings. The first-order chi connectivity index (χ1) is 9.95. The van der Waals surface area contributed by atoms with E-state index in [1.807, 2.05) is 0 Å². The Balaban J connectivity index is 2.30. The molecule has 0 radical (unpaired) electrons. The minimum Gasteiger partial charge on any atom is -0.508 e. The molecular weight excluding hydrogens is 294 g/mol. The Labute approximate surface area is 124 Å². The fourth-order valence-electron chi connectivity index (χ4n) is 1.76. The number of hydrogen-bond donors (Lipinski definition) is 2. The third kappa shape index (κ3) is 3.96. The summed E-state index contributed by atoms with van der Waals surface area (Å²) in [5, 5.41) is 28.9. The van der Waals surface area contributed by atoms with Crippen molar-refractivity contribution in [3.8, 4) is 5.75 Å². The molecule has 0 aliphatic carbocycles. The van der Waals surface area contributed by atoms with Gasteiger partial charge in [-0.05, 0) is 36.4 Å². The average Bonchev–Trinajstić information content (AvgIpc) is 2.40. The molecule has 0 heterocycles. The topological polar surface area (TPSA) is 101 Å². The number of phenolic OH excluding ortho intramolecular Hbond substituents is 1. The number of rotatable bonds is 5. The van der Waals surface area contributed by atoms with E-state index in [-0.39, 0.29) is 17.0 Å². The van der Waals surface area contributed by atoms with Crippen molar-refractivity contribution >= 4 is 23.4 Å². The first kappa shape index (κ1) is 14.9. The average molecular weight is 305 g/mol. The maximum atomic E-state index is 10.9. The second kappa shape index (κ2) is 6.27. The molecule has 6 nitrogen and oxygen atoms in total. The highest BCUT2D eigenvalue weighted by Crippen LogP contribution is 2.32. The quantitative estimate of drug-likeness (QED) is 0.650. The van der Waals surface area contributed by atoms with Crippen LogP contribution in [-0.2, 0) is 11.2 Å². The number of aliphatic carboxylic acids is 1. The molecule has 108 valence electrons. The van der Waals surface area contributed by atoms with Crippen molar-refractivity contribution in [1.29, 1.82) is 0 Å². The highest BCUT2D eigenvalue weighted by Gasteiger charge is 2.17. The van der Waals surface area contributed by atoms with Crippen LogP contribution in [0.15, 0.2) is 52.3 Å². The zero-order valence-electron chi connectivity index (χ0n) is 10.7. The molecule has 0 saturated carbocycles. The van der Waals surface area contributed by atoms with Gasteiger partial charge in [-0.25, -0.2) is 0 Å². The maximum Gasteiger partial charge on any atom is 0.308 e. The summed E-state index contributed by atoms with van der Waals surface area (Å²) in [7, 11) is 0. The molecule has 0 aliphatic heterocycles.